The average molecular weight is 410 g/mol. The number of amides is 2. The van der Waals surface area contributed by atoms with Crippen LogP contribution in [0.3, 0.4) is 0 Å². The predicted molar refractivity (Wildman–Crippen MR) is 112 cm³/mol. The number of halogens is 1. The molecule has 2 aromatic rings. The van der Waals surface area contributed by atoms with Crippen LogP contribution >= 0.6 is 0 Å². The lowest BCUT2D eigenvalue weighted by atomic mass is 9.97. The lowest BCUT2D eigenvalue weighted by molar-refractivity contribution is -0.138. The van der Waals surface area contributed by atoms with Crippen LogP contribution in [0.2, 0.25) is 0 Å². The number of benzene rings is 2. The molecule has 2 aliphatic rings. The molecule has 2 atom stereocenters. The first-order chi connectivity index (χ1) is 14.6. The first-order valence-electron chi connectivity index (χ1n) is 10.6. The van der Waals surface area contributed by atoms with Crippen molar-refractivity contribution in [3.63, 3.8) is 0 Å². The van der Waals surface area contributed by atoms with E-state index in [9.17, 15) is 14.0 Å². The summed E-state index contributed by atoms with van der Waals surface area (Å²) in [7, 11) is 0. The van der Waals surface area contributed by atoms with Gasteiger partial charge in [0.15, 0.2) is 0 Å². The molecule has 0 aliphatic carbocycles. The van der Waals surface area contributed by atoms with Crippen LogP contribution in [0, 0.1) is 17.7 Å². The highest BCUT2D eigenvalue weighted by molar-refractivity contribution is 6.00. The molecular weight excluding hydrogens is 383 g/mol. The van der Waals surface area contributed by atoms with Crippen molar-refractivity contribution in [1.82, 2.24) is 4.90 Å². The van der Waals surface area contributed by atoms with Crippen LogP contribution in [-0.4, -0.2) is 43.0 Å². The normalized spacial score (nSPS) is 21.8. The van der Waals surface area contributed by atoms with E-state index in [1.54, 1.807) is 17.0 Å². The summed E-state index contributed by atoms with van der Waals surface area (Å²) in [6.45, 7) is 2.97. The Hall–Kier alpha value is -2.73. The van der Waals surface area contributed by atoms with E-state index in [4.69, 9.17) is 4.74 Å². The standard InChI is InChI=1S/C24H27FN2O3/c25-21-8-10-22(11-9-21)27-15-20(13-23(27)28)24(29)26-12-4-7-19(14-26)17-30-16-18-5-2-1-3-6-18/h1-3,5-6,8-11,19-20H,4,7,12-17H2. The molecule has 2 heterocycles. The van der Waals surface area contributed by atoms with Crippen LogP contribution in [0.25, 0.3) is 0 Å². The summed E-state index contributed by atoms with van der Waals surface area (Å²) in [5, 5.41) is 0. The molecule has 4 rings (SSSR count). The zero-order chi connectivity index (χ0) is 20.9. The van der Waals surface area contributed by atoms with Crippen molar-refractivity contribution in [2.45, 2.75) is 25.9 Å². The predicted octanol–water partition coefficient (Wildman–Crippen LogP) is 3.63. The van der Waals surface area contributed by atoms with Crippen molar-refractivity contribution in [3.8, 4) is 0 Å². The van der Waals surface area contributed by atoms with Gasteiger partial charge in [0.05, 0.1) is 19.1 Å². The minimum absolute atomic E-state index is 0.0423. The van der Waals surface area contributed by atoms with Crippen molar-refractivity contribution in [3.05, 3.63) is 66.0 Å². The molecule has 0 radical (unpaired) electrons. The maximum atomic E-state index is 13.2. The van der Waals surface area contributed by atoms with E-state index in [2.05, 4.69) is 0 Å². The van der Waals surface area contributed by atoms with Gasteiger partial charge in [-0.05, 0) is 48.6 Å². The Bertz CT molecular complexity index is 872. The molecule has 5 nitrogen and oxygen atoms in total. The van der Waals surface area contributed by atoms with Crippen LogP contribution in [0.1, 0.15) is 24.8 Å². The largest absolute Gasteiger partial charge is 0.376 e. The van der Waals surface area contributed by atoms with Crippen molar-refractivity contribution in [1.29, 1.82) is 0 Å². The maximum Gasteiger partial charge on any atom is 0.228 e. The van der Waals surface area contributed by atoms with E-state index in [-0.39, 0.29) is 30.0 Å². The highest BCUT2D eigenvalue weighted by Gasteiger charge is 2.38. The van der Waals surface area contributed by atoms with Crippen LogP contribution in [0.5, 0.6) is 0 Å². The minimum atomic E-state index is -0.341. The minimum Gasteiger partial charge on any atom is -0.376 e. The van der Waals surface area contributed by atoms with Gasteiger partial charge in [0, 0.05) is 31.7 Å². The van der Waals surface area contributed by atoms with Crippen LogP contribution < -0.4 is 4.90 Å². The molecule has 2 saturated heterocycles. The van der Waals surface area contributed by atoms with Crippen molar-refractivity contribution in [2.75, 3.05) is 31.1 Å². The van der Waals surface area contributed by atoms with Gasteiger partial charge in [-0.1, -0.05) is 30.3 Å². The van der Waals surface area contributed by atoms with Crippen molar-refractivity contribution >= 4 is 17.5 Å². The third-order valence-electron chi connectivity index (χ3n) is 5.91. The number of ether oxygens (including phenoxy) is 1. The zero-order valence-corrected chi connectivity index (χ0v) is 17.0. The number of piperidine rings is 1. The van der Waals surface area contributed by atoms with Gasteiger partial charge in [-0.25, -0.2) is 4.39 Å². The third kappa shape index (κ3) is 4.87. The zero-order valence-electron chi connectivity index (χ0n) is 17.0. The lowest BCUT2D eigenvalue weighted by Crippen LogP contribution is -2.44. The smallest absolute Gasteiger partial charge is 0.228 e. The molecule has 2 unspecified atom stereocenters. The quantitative estimate of drug-likeness (QED) is 0.731. The first-order valence-corrected chi connectivity index (χ1v) is 10.6. The number of anilines is 1. The number of hydrogen-bond acceptors (Lipinski definition) is 3. The van der Waals surface area contributed by atoms with Gasteiger partial charge in [-0.15, -0.1) is 0 Å². The monoisotopic (exact) mass is 410 g/mol. The number of hydrogen-bond donors (Lipinski definition) is 0. The summed E-state index contributed by atoms with van der Waals surface area (Å²) in [6, 6.07) is 15.9. The van der Waals surface area contributed by atoms with E-state index in [1.807, 2.05) is 35.2 Å². The van der Waals surface area contributed by atoms with Gasteiger partial charge in [-0.3, -0.25) is 9.59 Å². The fourth-order valence-corrected chi connectivity index (χ4v) is 4.32. The summed E-state index contributed by atoms with van der Waals surface area (Å²) in [5.74, 6) is -0.407. The summed E-state index contributed by atoms with van der Waals surface area (Å²) in [5.41, 5.74) is 1.79. The Kier molecular flexibility index (Phi) is 6.43. The molecule has 2 amide bonds. The molecule has 0 N–H and O–H groups in total. The Labute approximate surface area is 176 Å². The molecule has 6 heteroatoms. The second-order valence-electron chi connectivity index (χ2n) is 8.18. The number of nitrogens with zero attached hydrogens (tertiary/aromatic N) is 2. The topological polar surface area (TPSA) is 49.9 Å². The van der Waals surface area contributed by atoms with E-state index in [0.717, 1.165) is 24.9 Å². The molecule has 0 saturated carbocycles. The van der Waals surface area contributed by atoms with Crippen molar-refractivity contribution < 1.29 is 18.7 Å². The maximum absolute atomic E-state index is 13.2. The molecule has 0 spiro atoms. The summed E-state index contributed by atoms with van der Waals surface area (Å²) in [6.07, 6.45) is 2.21. The van der Waals surface area contributed by atoms with Crippen LogP contribution in [0.4, 0.5) is 10.1 Å². The Morgan fingerprint density at radius 1 is 1.07 bits per heavy atom. The van der Waals surface area contributed by atoms with Gasteiger partial charge in [-0.2, -0.15) is 0 Å². The van der Waals surface area contributed by atoms with Crippen LogP contribution in [-0.2, 0) is 20.9 Å². The van der Waals surface area contributed by atoms with E-state index >= 15 is 0 Å². The number of carbonyl (C=O) groups is 2. The molecule has 30 heavy (non-hydrogen) atoms. The first kappa shape index (κ1) is 20.5. The molecule has 2 aromatic carbocycles. The Morgan fingerprint density at radius 3 is 2.60 bits per heavy atom. The summed E-state index contributed by atoms with van der Waals surface area (Å²) in [4.78, 5) is 29.0. The van der Waals surface area contributed by atoms with Gasteiger partial charge < -0.3 is 14.5 Å². The highest BCUT2D eigenvalue weighted by atomic mass is 19.1. The molecule has 0 bridgehead atoms. The lowest BCUT2D eigenvalue weighted by Gasteiger charge is -2.34. The molecule has 2 aliphatic heterocycles. The fraction of sp³-hybridized carbons (Fsp3) is 0.417. The van der Waals surface area contributed by atoms with Gasteiger partial charge in [0.1, 0.15) is 5.82 Å². The van der Waals surface area contributed by atoms with Gasteiger partial charge >= 0.3 is 0 Å². The van der Waals surface area contributed by atoms with E-state index < -0.39 is 0 Å². The van der Waals surface area contributed by atoms with Crippen molar-refractivity contribution in [2.24, 2.45) is 11.8 Å². The average Bonchev–Trinajstić information content (AvgIpc) is 3.16. The van der Waals surface area contributed by atoms with E-state index in [1.165, 1.54) is 12.1 Å². The fourth-order valence-electron chi connectivity index (χ4n) is 4.32. The Morgan fingerprint density at radius 2 is 1.83 bits per heavy atom. The summed E-state index contributed by atoms with van der Waals surface area (Å²) < 4.78 is 19.0. The Balaban J connectivity index is 1.29. The molecular formula is C24H27FN2O3. The molecule has 2 fully saturated rings. The summed E-state index contributed by atoms with van der Waals surface area (Å²) >= 11 is 0. The highest BCUT2D eigenvalue weighted by Crippen LogP contribution is 2.28. The SMILES string of the molecule is O=C(C1CC(=O)N(c2ccc(F)cc2)C1)N1CCCC(COCc2ccccc2)C1. The molecule has 158 valence electrons. The number of carbonyl (C=O) groups excluding carboxylic acids is 2. The van der Waals surface area contributed by atoms with Gasteiger partial charge in [0.2, 0.25) is 11.8 Å². The number of rotatable bonds is 6. The van der Waals surface area contributed by atoms with E-state index in [0.29, 0.717) is 37.9 Å². The van der Waals surface area contributed by atoms with Crippen LogP contribution in [0.15, 0.2) is 54.6 Å². The molecule has 0 aromatic heterocycles. The second-order valence-corrected chi connectivity index (χ2v) is 8.18. The number of likely N-dealkylation sites (tertiary alicyclic amines) is 1. The second kappa shape index (κ2) is 9.39. The van der Waals surface area contributed by atoms with Gasteiger partial charge in [0.25, 0.3) is 0 Å². The third-order valence-corrected chi connectivity index (χ3v) is 5.91.